The van der Waals surface area contributed by atoms with Crippen molar-refractivity contribution in [2.24, 2.45) is 5.92 Å². The average Bonchev–Trinajstić information content (AvgIpc) is 3.34. The van der Waals surface area contributed by atoms with Crippen LogP contribution >= 0.6 is 0 Å². The minimum atomic E-state index is -4.71. The molecule has 0 atom stereocenters. The van der Waals surface area contributed by atoms with Gasteiger partial charge in [0.05, 0.1) is 23.8 Å². The summed E-state index contributed by atoms with van der Waals surface area (Å²) in [6, 6.07) is 6.60. The maximum absolute atomic E-state index is 13.2. The number of nitrogens with one attached hydrogen (secondary N) is 1. The van der Waals surface area contributed by atoms with Crippen molar-refractivity contribution in [3.05, 3.63) is 53.5 Å². The summed E-state index contributed by atoms with van der Waals surface area (Å²) in [6.07, 6.45) is 1.27. The number of hydrogen-bond acceptors (Lipinski definition) is 7. The lowest BCUT2D eigenvalue weighted by Crippen LogP contribution is -2.28. The van der Waals surface area contributed by atoms with Crippen LogP contribution in [0.25, 0.3) is 10.9 Å². The Morgan fingerprint density at radius 2 is 1.88 bits per heavy atom. The highest BCUT2D eigenvalue weighted by Crippen LogP contribution is 2.37. The SMILES string of the molecule is CCOC(=O)COC(C)(C)c1cc2nn(C3CCC(C=O)CC3)cc2cc1NC(=O)c1cccc(C(F)(F)F)n1. The number of nitrogens with zero attached hydrogens (tertiary/aromatic N) is 3. The van der Waals surface area contributed by atoms with Gasteiger partial charge in [0.2, 0.25) is 0 Å². The largest absolute Gasteiger partial charge is 0.464 e. The van der Waals surface area contributed by atoms with E-state index in [0.29, 0.717) is 16.5 Å². The Hall–Kier alpha value is -3.80. The van der Waals surface area contributed by atoms with E-state index in [2.05, 4.69) is 10.3 Å². The van der Waals surface area contributed by atoms with Crippen molar-refractivity contribution in [3.63, 3.8) is 0 Å². The van der Waals surface area contributed by atoms with Gasteiger partial charge in [0, 0.05) is 28.8 Å². The number of pyridine rings is 1. The predicted molar refractivity (Wildman–Crippen MR) is 140 cm³/mol. The zero-order valence-corrected chi connectivity index (χ0v) is 22.5. The Bertz CT molecular complexity index is 1390. The first-order chi connectivity index (χ1) is 18.9. The van der Waals surface area contributed by atoms with Crippen molar-refractivity contribution in [2.45, 2.75) is 64.3 Å². The van der Waals surface area contributed by atoms with Crippen LogP contribution in [0, 0.1) is 5.92 Å². The quantitative estimate of drug-likeness (QED) is 0.274. The fourth-order valence-corrected chi connectivity index (χ4v) is 4.81. The number of rotatable bonds is 9. The van der Waals surface area contributed by atoms with E-state index in [0.717, 1.165) is 44.1 Å². The molecule has 214 valence electrons. The van der Waals surface area contributed by atoms with E-state index in [1.54, 1.807) is 32.9 Å². The van der Waals surface area contributed by atoms with Crippen molar-refractivity contribution in [2.75, 3.05) is 18.5 Å². The third-order valence-electron chi connectivity index (χ3n) is 6.99. The molecule has 0 bridgehead atoms. The number of aromatic nitrogens is 3. The number of carbonyl (C=O) groups is 3. The molecule has 1 amide bonds. The monoisotopic (exact) mass is 560 g/mol. The molecule has 1 aromatic carbocycles. The first kappa shape index (κ1) is 29.2. The normalized spacial score (nSPS) is 17.9. The molecule has 0 radical (unpaired) electrons. The smallest absolute Gasteiger partial charge is 0.433 e. The molecule has 40 heavy (non-hydrogen) atoms. The second kappa shape index (κ2) is 11.7. The van der Waals surface area contributed by atoms with Crippen LogP contribution in [0.1, 0.15) is 74.2 Å². The van der Waals surface area contributed by atoms with E-state index in [9.17, 15) is 27.6 Å². The molecule has 1 aliphatic carbocycles. The molecule has 3 aromatic rings. The Balaban J connectivity index is 1.69. The van der Waals surface area contributed by atoms with E-state index in [1.807, 2.05) is 10.9 Å². The van der Waals surface area contributed by atoms with Gasteiger partial charge < -0.3 is 19.6 Å². The lowest BCUT2D eigenvalue weighted by molar-refractivity contribution is -0.154. The molecule has 0 unspecified atom stereocenters. The zero-order valence-electron chi connectivity index (χ0n) is 22.5. The number of ether oxygens (including phenoxy) is 2. The van der Waals surface area contributed by atoms with Crippen molar-refractivity contribution in [3.8, 4) is 0 Å². The van der Waals surface area contributed by atoms with Crippen LogP contribution in [0.15, 0.2) is 36.5 Å². The van der Waals surface area contributed by atoms with Gasteiger partial charge in [-0.1, -0.05) is 6.07 Å². The summed E-state index contributed by atoms with van der Waals surface area (Å²) in [4.78, 5) is 39.7. The van der Waals surface area contributed by atoms with Gasteiger partial charge in [0.25, 0.3) is 5.91 Å². The summed E-state index contributed by atoms with van der Waals surface area (Å²) in [7, 11) is 0. The number of aldehydes is 1. The van der Waals surface area contributed by atoms with E-state index in [1.165, 1.54) is 6.07 Å². The number of hydrogen-bond donors (Lipinski definition) is 1. The molecule has 1 N–H and O–H groups in total. The Morgan fingerprint density at radius 1 is 1.15 bits per heavy atom. The highest BCUT2D eigenvalue weighted by Gasteiger charge is 2.33. The van der Waals surface area contributed by atoms with Crippen molar-refractivity contribution in [1.82, 2.24) is 14.8 Å². The average molecular weight is 561 g/mol. The fraction of sp³-hybridized carbons (Fsp3) is 0.464. The highest BCUT2D eigenvalue weighted by molar-refractivity contribution is 6.04. The summed E-state index contributed by atoms with van der Waals surface area (Å²) >= 11 is 0. The lowest BCUT2D eigenvalue weighted by Gasteiger charge is -2.28. The van der Waals surface area contributed by atoms with Crippen molar-refractivity contribution >= 4 is 34.8 Å². The molecule has 0 saturated heterocycles. The molecular weight excluding hydrogens is 529 g/mol. The Kier molecular flexibility index (Phi) is 8.57. The molecule has 0 aliphatic heterocycles. The maximum atomic E-state index is 13.2. The zero-order chi connectivity index (χ0) is 29.1. The molecule has 2 aromatic heterocycles. The van der Waals surface area contributed by atoms with Crippen molar-refractivity contribution in [1.29, 1.82) is 0 Å². The summed E-state index contributed by atoms with van der Waals surface area (Å²) in [5.41, 5.74) is -1.38. The summed E-state index contributed by atoms with van der Waals surface area (Å²) in [6.45, 7) is 4.91. The number of esters is 1. The number of benzene rings is 1. The van der Waals surface area contributed by atoms with E-state index in [-0.39, 0.29) is 30.9 Å². The molecule has 1 fully saturated rings. The standard InChI is InChI=1S/C28H31F3N4O5/c1-4-39-25(37)16-40-27(2,3)20-13-22-18(14-35(34-22)19-10-8-17(15-36)9-11-19)12-23(20)33-26(38)21-6-5-7-24(32-21)28(29,30)31/h5-7,12-15,17,19H,4,8-11,16H2,1-3H3,(H,33,38). The fourth-order valence-electron chi connectivity index (χ4n) is 4.81. The molecule has 0 spiro atoms. The predicted octanol–water partition coefficient (Wildman–Crippen LogP) is 5.45. The number of carbonyl (C=O) groups excluding carboxylic acids is 3. The summed E-state index contributed by atoms with van der Waals surface area (Å²) in [5, 5.41) is 8.10. The molecular formula is C28H31F3N4O5. The first-order valence-electron chi connectivity index (χ1n) is 13.0. The van der Waals surface area contributed by atoms with Crippen LogP contribution in [-0.2, 0) is 30.8 Å². The number of amides is 1. The highest BCUT2D eigenvalue weighted by atomic mass is 19.4. The van der Waals surface area contributed by atoms with E-state index < -0.39 is 35.0 Å². The van der Waals surface area contributed by atoms with Crippen LogP contribution in [-0.4, -0.2) is 46.1 Å². The number of fused-ring (bicyclic) bond motifs is 1. The van der Waals surface area contributed by atoms with Gasteiger partial charge in [-0.05, 0) is 70.7 Å². The lowest BCUT2D eigenvalue weighted by atomic mass is 9.87. The molecule has 4 rings (SSSR count). The van der Waals surface area contributed by atoms with Gasteiger partial charge in [-0.3, -0.25) is 9.48 Å². The van der Waals surface area contributed by atoms with Gasteiger partial charge in [0.1, 0.15) is 24.3 Å². The van der Waals surface area contributed by atoms with Crippen molar-refractivity contribution < 1.29 is 37.0 Å². The number of anilines is 1. The van der Waals surface area contributed by atoms with E-state index in [4.69, 9.17) is 14.6 Å². The van der Waals surface area contributed by atoms with E-state index >= 15 is 0 Å². The van der Waals surface area contributed by atoms with Crippen LogP contribution in [0.4, 0.5) is 18.9 Å². The molecule has 9 nitrogen and oxygen atoms in total. The third-order valence-corrected chi connectivity index (χ3v) is 6.99. The van der Waals surface area contributed by atoms with Gasteiger partial charge in [-0.25, -0.2) is 9.78 Å². The third kappa shape index (κ3) is 6.67. The molecule has 2 heterocycles. The molecule has 1 saturated carbocycles. The Labute approximate surface area is 229 Å². The molecule has 1 aliphatic rings. The Morgan fingerprint density at radius 3 is 2.52 bits per heavy atom. The summed E-state index contributed by atoms with van der Waals surface area (Å²) in [5.74, 6) is -1.35. The topological polar surface area (TPSA) is 112 Å². The minimum absolute atomic E-state index is 0.0523. The number of alkyl halides is 3. The van der Waals surface area contributed by atoms with Crippen LogP contribution in [0.2, 0.25) is 0 Å². The van der Waals surface area contributed by atoms with Crippen LogP contribution < -0.4 is 5.32 Å². The van der Waals surface area contributed by atoms with Crippen LogP contribution in [0.3, 0.4) is 0 Å². The minimum Gasteiger partial charge on any atom is -0.464 e. The van der Waals surface area contributed by atoms with Gasteiger partial charge >= 0.3 is 12.1 Å². The molecule has 12 heteroatoms. The maximum Gasteiger partial charge on any atom is 0.433 e. The van der Waals surface area contributed by atoms with Gasteiger partial charge in [-0.15, -0.1) is 0 Å². The van der Waals surface area contributed by atoms with Crippen LogP contribution in [0.5, 0.6) is 0 Å². The van der Waals surface area contributed by atoms with Gasteiger partial charge in [0.15, 0.2) is 0 Å². The second-order valence-corrected chi connectivity index (χ2v) is 10.2. The second-order valence-electron chi connectivity index (χ2n) is 10.2. The summed E-state index contributed by atoms with van der Waals surface area (Å²) < 4.78 is 52.2. The van der Waals surface area contributed by atoms with Gasteiger partial charge in [-0.2, -0.15) is 18.3 Å². The first-order valence-corrected chi connectivity index (χ1v) is 13.0. The number of halogens is 3.